The summed E-state index contributed by atoms with van der Waals surface area (Å²) in [6, 6.07) is 8.59. The molecule has 2 atom stereocenters. The Morgan fingerprint density at radius 2 is 1.88 bits per heavy atom. The number of carboxylic acid groups (broad SMARTS) is 1. The van der Waals surface area contributed by atoms with Crippen LogP contribution in [0.5, 0.6) is 0 Å². The number of rotatable bonds is 6. The molecule has 2 N–H and O–H groups in total. The molecule has 1 amide bonds. The number of aromatic nitrogens is 1. The second kappa shape index (κ2) is 7.78. The van der Waals surface area contributed by atoms with Gasteiger partial charge in [0.1, 0.15) is 0 Å². The first-order chi connectivity index (χ1) is 11.7. The van der Waals surface area contributed by atoms with Gasteiger partial charge in [0.05, 0.1) is 29.1 Å². The molecule has 0 radical (unpaired) electrons. The zero-order chi connectivity index (χ0) is 18.6. The van der Waals surface area contributed by atoms with E-state index in [4.69, 9.17) is 0 Å². The van der Waals surface area contributed by atoms with Crippen molar-refractivity contribution in [1.82, 2.24) is 10.3 Å². The molecule has 0 spiro atoms. The Kier molecular flexibility index (Phi) is 5.95. The lowest BCUT2D eigenvalue weighted by atomic mass is 9.94. The van der Waals surface area contributed by atoms with Crippen molar-refractivity contribution in [3.8, 4) is 0 Å². The van der Waals surface area contributed by atoms with Crippen molar-refractivity contribution < 1.29 is 14.7 Å². The molecular formula is C19H24N2O3S. The van der Waals surface area contributed by atoms with E-state index >= 15 is 0 Å². The summed E-state index contributed by atoms with van der Waals surface area (Å²) >= 11 is 1.54. The van der Waals surface area contributed by atoms with Crippen molar-refractivity contribution in [2.24, 2.45) is 5.92 Å². The molecule has 1 aromatic heterocycles. The maximum Gasteiger partial charge on any atom is 0.308 e. The number of carboxylic acids is 1. The number of carbonyl (C=O) groups is 2. The van der Waals surface area contributed by atoms with Gasteiger partial charge in [-0.25, -0.2) is 4.98 Å². The Bertz CT molecular complexity index is 735. The smallest absolute Gasteiger partial charge is 0.308 e. The molecule has 0 aliphatic heterocycles. The minimum atomic E-state index is -0.946. The monoisotopic (exact) mass is 360 g/mol. The van der Waals surface area contributed by atoms with Crippen molar-refractivity contribution >= 4 is 23.2 Å². The van der Waals surface area contributed by atoms with Gasteiger partial charge in [0, 0.05) is 10.8 Å². The largest absolute Gasteiger partial charge is 0.481 e. The highest BCUT2D eigenvalue weighted by Gasteiger charge is 2.27. The average Bonchev–Trinajstić information content (AvgIpc) is 3.01. The number of nitrogens with one attached hydrogen (secondary N) is 1. The second-order valence-electron chi connectivity index (χ2n) is 7.15. The molecule has 5 nitrogen and oxygen atoms in total. The number of hydrogen-bond acceptors (Lipinski definition) is 4. The average molecular weight is 360 g/mol. The van der Waals surface area contributed by atoms with Crippen LogP contribution in [0.2, 0.25) is 0 Å². The highest BCUT2D eigenvalue weighted by Crippen LogP contribution is 2.26. The second-order valence-corrected chi connectivity index (χ2v) is 8.01. The maximum atomic E-state index is 12.4. The third kappa shape index (κ3) is 5.13. The Labute approximate surface area is 152 Å². The van der Waals surface area contributed by atoms with E-state index in [2.05, 4.69) is 31.1 Å². The van der Waals surface area contributed by atoms with Crippen molar-refractivity contribution in [3.63, 3.8) is 0 Å². The summed E-state index contributed by atoms with van der Waals surface area (Å²) in [5, 5.41) is 15.1. The van der Waals surface area contributed by atoms with Crippen LogP contribution in [0.25, 0.3) is 0 Å². The van der Waals surface area contributed by atoms with Gasteiger partial charge in [0.15, 0.2) is 0 Å². The van der Waals surface area contributed by atoms with Gasteiger partial charge in [0.2, 0.25) is 5.91 Å². The fraction of sp³-hybridized carbons (Fsp3) is 0.421. The topological polar surface area (TPSA) is 79.3 Å². The van der Waals surface area contributed by atoms with Crippen LogP contribution in [0.3, 0.4) is 0 Å². The molecule has 1 aromatic carbocycles. The van der Waals surface area contributed by atoms with E-state index in [1.165, 1.54) is 11.3 Å². The molecule has 134 valence electrons. The van der Waals surface area contributed by atoms with Gasteiger partial charge in [-0.1, -0.05) is 51.1 Å². The van der Waals surface area contributed by atoms with Crippen LogP contribution in [0, 0.1) is 5.92 Å². The van der Waals surface area contributed by atoms with Gasteiger partial charge in [-0.15, -0.1) is 11.3 Å². The van der Waals surface area contributed by atoms with Crippen molar-refractivity contribution in [1.29, 1.82) is 0 Å². The minimum absolute atomic E-state index is 0.0518. The molecule has 2 rings (SSSR count). The van der Waals surface area contributed by atoms with E-state index < -0.39 is 17.9 Å². The van der Waals surface area contributed by atoms with E-state index in [0.717, 1.165) is 10.6 Å². The summed E-state index contributed by atoms with van der Waals surface area (Å²) in [5.74, 6) is -1.91. The summed E-state index contributed by atoms with van der Waals surface area (Å²) in [7, 11) is 0. The Morgan fingerprint density at radius 3 is 2.40 bits per heavy atom. The number of benzene rings is 1. The van der Waals surface area contributed by atoms with Gasteiger partial charge < -0.3 is 10.4 Å². The van der Waals surface area contributed by atoms with E-state index in [1.54, 1.807) is 6.92 Å². The van der Waals surface area contributed by atoms with E-state index in [-0.39, 0.29) is 17.7 Å². The van der Waals surface area contributed by atoms with E-state index in [9.17, 15) is 14.7 Å². The van der Waals surface area contributed by atoms with Crippen LogP contribution >= 0.6 is 11.3 Å². The number of amides is 1. The lowest BCUT2D eigenvalue weighted by molar-refractivity contribution is -0.142. The standard InChI is InChI=1S/C19H24N2O3S/c1-12(17(23)24)16(13-8-6-5-7-9-13)21-15(22)10-14-11-25-18(20-14)19(2,3)4/h5-9,11-12,16H,10H2,1-4H3,(H,21,22)(H,23,24). The van der Waals surface area contributed by atoms with Crippen LogP contribution in [0.4, 0.5) is 0 Å². The first-order valence-corrected chi connectivity index (χ1v) is 9.08. The van der Waals surface area contributed by atoms with Crippen LogP contribution in [-0.4, -0.2) is 22.0 Å². The number of hydrogen-bond donors (Lipinski definition) is 2. The fourth-order valence-corrected chi connectivity index (χ4v) is 3.33. The van der Waals surface area contributed by atoms with Crippen molar-refractivity contribution in [2.75, 3.05) is 0 Å². The molecule has 25 heavy (non-hydrogen) atoms. The molecule has 0 saturated carbocycles. The van der Waals surface area contributed by atoms with Gasteiger partial charge in [-0.2, -0.15) is 0 Å². The summed E-state index contributed by atoms with van der Waals surface area (Å²) in [6.45, 7) is 7.84. The Morgan fingerprint density at radius 1 is 1.24 bits per heavy atom. The number of carbonyl (C=O) groups excluding carboxylic acids is 1. The number of thiazole rings is 1. The van der Waals surface area contributed by atoms with E-state index in [0.29, 0.717) is 5.69 Å². The van der Waals surface area contributed by atoms with Gasteiger partial charge in [-0.05, 0) is 12.5 Å². The predicted octanol–water partition coefficient (Wildman–Crippen LogP) is 3.56. The number of nitrogens with zero attached hydrogens (tertiary/aromatic N) is 1. The highest BCUT2D eigenvalue weighted by atomic mass is 32.1. The summed E-state index contributed by atoms with van der Waals surface area (Å²) in [4.78, 5) is 28.4. The molecule has 0 bridgehead atoms. The van der Waals surface area contributed by atoms with Gasteiger partial charge in [-0.3, -0.25) is 9.59 Å². The minimum Gasteiger partial charge on any atom is -0.481 e. The molecule has 0 saturated heterocycles. The van der Waals surface area contributed by atoms with E-state index in [1.807, 2.05) is 35.7 Å². The zero-order valence-corrected chi connectivity index (χ0v) is 15.8. The van der Waals surface area contributed by atoms with Gasteiger partial charge in [0.25, 0.3) is 0 Å². The molecule has 1 heterocycles. The summed E-state index contributed by atoms with van der Waals surface area (Å²) in [5.41, 5.74) is 1.44. The highest BCUT2D eigenvalue weighted by molar-refractivity contribution is 7.09. The quantitative estimate of drug-likeness (QED) is 0.825. The third-order valence-corrected chi connectivity index (χ3v) is 5.22. The molecule has 0 fully saturated rings. The maximum absolute atomic E-state index is 12.4. The number of aliphatic carboxylic acids is 1. The SMILES string of the molecule is CC(C(=O)O)C(NC(=O)Cc1csc(C(C)(C)C)n1)c1ccccc1. The first kappa shape index (κ1) is 19.1. The third-order valence-electron chi connectivity index (χ3n) is 3.90. The van der Waals surface area contributed by atoms with Crippen molar-refractivity contribution in [3.05, 3.63) is 52.0 Å². The lowest BCUT2D eigenvalue weighted by Crippen LogP contribution is -2.36. The zero-order valence-electron chi connectivity index (χ0n) is 14.9. The molecule has 6 heteroatoms. The Hall–Kier alpha value is -2.21. The lowest BCUT2D eigenvalue weighted by Gasteiger charge is -2.22. The fourth-order valence-electron chi connectivity index (χ4n) is 2.42. The van der Waals surface area contributed by atoms with Crippen LogP contribution in [-0.2, 0) is 21.4 Å². The summed E-state index contributed by atoms with van der Waals surface area (Å²) < 4.78 is 0. The van der Waals surface area contributed by atoms with Crippen LogP contribution in [0.15, 0.2) is 35.7 Å². The molecule has 0 aliphatic rings. The normalized spacial score (nSPS) is 13.9. The molecule has 2 unspecified atom stereocenters. The molecular weight excluding hydrogens is 336 g/mol. The van der Waals surface area contributed by atoms with Crippen LogP contribution < -0.4 is 5.32 Å². The Balaban J connectivity index is 2.12. The molecule has 2 aromatic rings. The van der Waals surface area contributed by atoms with Crippen LogP contribution in [0.1, 0.15) is 50.0 Å². The van der Waals surface area contributed by atoms with Crippen molar-refractivity contribution in [2.45, 2.75) is 45.6 Å². The molecule has 0 aliphatic carbocycles. The van der Waals surface area contributed by atoms with Gasteiger partial charge >= 0.3 is 5.97 Å². The first-order valence-electron chi connectivity index (χ1n) is 8.20. The predicted molar refractivity (Wildman–Crippen MR) is 98.6 cm³/mol. The summed E-state index contributed by atoms with van der Waals surface area (Å²) in [6.07, 6.45) is 0.141.